The number of likely N-dealkylation sites (tertiary alicyclic amines) is 1. The van der Waals surface area contributed by atoms with Crippen LogP contribution in [0.5, 0.6) is 0 Å². The molecule has 0 bridgehead atoms. The van der Waals surface area contributed by atoms with Crippen molar-refractivity contribution in [3.05, 3.63) is 18.6 Å². The fraction of sp³-hybridized carbons (Fsp3) is 0.667. The van der Waals surface area contributed by atoms with Gasteiger partial charge in [-0.2, -0.15) is 0 Å². The van der Waals surface area contributed by atoms with Crippen molar-refractivity contribution >= 4 is 0 Å². The van der Waals surface area contributed by atoms with Gasteiger partial charge in [-0.25, -0.2) is 4.98 Å². The molecule has 1 fully saturated rings. The molecule has 2 aromatic heterocycles. The highest BCUT2D eigenvalue weighted by Crippen LogP contribution is 2.20. The number of rotatable bonds is 5. The third kappa shape index (κ3) is 3.32. The molecule has 1 aliphatic rings. The first-order valence-corrected chi connectivity index (χ1v) is 7.72. The summed E-state index contributed by atoms with van der Waals surface area (Å²) < 4.78 is 3.93. The fourth-order valence-electron chi connectivity index (χ4n) is 3.11. The van der Waals surface area contributed by atoms with Crippen LogP contribution in [0, 0.1) is 11.8 Å². The summed E-state index contributed by atoms with van der Waals surface area (Å²) in [6, 6.07) is 0. The molecule has 6 heteroatoms. The molecule has 6 nitrogen and oxygen atoms in total. The maximum Gasteiger partial charge on any atom is 0.161 e. The zero-order valence-electron chi connectivity index (χ0n) is 13.1. The molecule has 0 aliphatic carbocycles. The molecule has 1 aliphatic heterocycles. The average molecular weight is 288 g/mol. The third-order valence-electron chi connectivity index (χ3n) is 4.03. The predicted octanol–water partition coefficient (Wildman–Crippen LogP) is 1.66. The molecule has 1 atom stereocenters. The highest BCUT2D eigenvalue weighted by molar-refractivity contribution is 5.46. The molecule has 0 N–H and O–H groups in total. The molecule has 114 valence electrons. The maximum atomic E-state index is 4.31. The Labute approximate surface area is 125 Å². The van der Waals surface area contributed by atoms with Crippen molar-refractivity contribution in [2.75, 3.05) is 19.6 Å². The number of hydrogen-bond donors (Lipinski definition) is 0. The van der Waals surface area contributed by atoms with Crippen molar-refractivity contribution in [2.45, 2.75) is 26.8 Å². The van der Waals surface area contributed by atoms with Gasteiger partial charge >= 0.3 is 0 Å². The Morgan fingerprint density at radius 3 is 2.95 bits per heavy atom. The molecule has 0 spiro atoms. The second-order valence-corrected chi connectivity index (χ2v) is 6.50. The van der Waals surface area contributed by atoms with Gasteiger partial charge in [0.05, 0.1) is 6.20 Å². The maximum absolute atomic E-state index is 4.31. The molecule has 3 rings (SSSR count). The van der Waals surface area contributed by atoms with Crippen LogP contribution < -0.4 is 0 Å². The molecule has 0 radical (unpaired) electrons. The van der Waals surface area contributed by atoms with Crippen molar-refractivity contribution in [1.82, 2.24) is 29.4 Å². The normalized spacial score (nSPS) is 19.7. The molecular weight excluding hydrogens is 264 g/mol. The van der Waals surface area contributed by atoms with Crippen LogP contribution in [0.3, 0.4) is 0 Å². The largest absolute Gasteiger partial charge is 0.333 e. The van der Waals surface area contributed by atoms with Gasteiger partial charge in [0, 0.05) is 39.1 Å². The molecule has 0 saturated carbocycles. The Bertz CT molecular complexity index is 585. The number of aromatic nitrogens is 5. The van der Waals surface area contributed by atoms with E-state index in [1.807, 2.05) is 28.7 Å². The van der Waals surface area contributed by atoms with Crippen LogP contribution in [-0.4, -0.2) is 49.1 Å². The highest BCUT2D eigenvalue weighted by atomic mass is 15.4. The minimum absolute atomic E-state index is 0.680. The van der Waals surface area contributed by atoms with Crippen molar-refractivity contribution in [3.8, 4) is 11.5 Å². The molecule has 1 unspecified atom stereocenters. The van der Waals surface area contributed by atoms with E-state index in [9.17, 15) is 0 Å². The van der Waals surface area contributed by atoms with E-state index in [2.05, 4.69) is 34.0 Å². The SMILES string of the molecule is CC(C)CN1CCC(Cn2cc(-c3nccn3C)nn2)C1. The van der Waals surface area contributed by atoms with Gasteiger partial charge in [-0.15, -0.1) is 5.10 Å². The van der Waals surface area contributed by atoms with Gasteiger partial charge in [0.15, 0.2) is 5.82 Å². The summed E-state index contributed by atoms with van der Waals surface area (Å²) >= 11 is 0. The predicted molar refractivity (Wildman–Crippen MR) is 81.6 cm³/mol. The van der Waals surface area contributed by atoms with E-state index in [-0.39, 0.29) is 0 Å². The Hall–Kier alpha value is -1.69. The lowest BCUT2D eigenvalue weighted by molar-refractivity contribution is 0.280. The van der Waals surface area contributed by atoms with Crippen LogP contribution in [-0.2, 0) is 13.6 Å². The average Bonchev–Trinajstić information content (AvgIpc) is 3.11. The molecule has 0 aromatic carbocycles. The quantitative estimate of drug-likeness (QED) is 0.839. The van der Waals surface area contributed by atoms with E-state index in [0.29, 0.717) is 5.92 Å². The monoisotopic (exact) mass is 288 g/mol. The van der Waals surface area contributed by atoms with Gasteiger partial charge in [0.2, 0.25) is 0 Å². The summed E-state index contributed by atoms with van der Waals surface area (Å²) in [5, 5.41) is 8.50. The molecule has 0 amide bonds. The zero-order valence-corrected chi connectivity index (χ0v) is 13.1. The van der Waals surface area contributed by atoms with Crippen molar-refractivity contribution in [3.63, 3.8) is 0 Å². The van der Waals surface area contributed by atoms with Gasteiger partial charge < -0.3 is 9.47 Å². The van der Waals surface area contributed by atoms with E-state index in [1.165, 1.54) is 26.1 Å². The molecule has 3 heterocycles. The molecule has 1 saturated heterocycles. The lowest BCUT2D eigenvalue weighted by Crippen LogP contribution is -2.26. The van der Waals surface area contributed by atoms with Crippen molar-refractivity contribution in [2.24, 2.45) is 18.9 Å². The Kier molecular flexibility index (Phi) is 4.05. The Morgan fingerprint density at radius 1 is 1.38 bits per heavy atom. The van der Waals surface area contributed by atoms with Crippen LogP contribution in [0.2, 0.25) is 0 Å². The summed E-state index contributed by atoms with van der Waals surface area (Å²) in [6.45, 7) is 9.10. The summed E-state index contributed by atoms with van der Waals surface area (Å²) in [5.74, 6) is 2.29. The number of aryl methyl sites for hydroxylation is 1. The smallest absolute Gasteiger partial charge is 0.161 e. The second kappa shape index (κ2) is 5.97. The van der Waals surface area contributed by atoms with Crippen LogP contribution in [0.4, 0.5) is 0 Å². The molecule has 21 heavy (non-hydrogen) atoms. The fourth-order valence-corrected chi connectivity index (χ4v) is 3.11. The summed E-state index contributed by atoms with van der Waals surface area (Å²) in [6.07, 6.45) is 6.97. The standard InChI is InChI=1S/C15H24N6/c1-12(2)8-20-6-4-13(9-20)10-21-11-14(17-18-21)15-16-5-7-19(15)3/h5,7,11-13H,4,6,8-10H2,1-3H3. The minimum Gasteiger partial charge on any atom is -0.333 e. The van der Waals surface area contributed by atoms with Gasteiger partial charge in [-0.1, -0.05) is 19.1 Å². The van der Waals surface area contributed by atoms with Crippen LogP contribution in [0.25, 0.3) is 11.5 Å². The van der Waals surface area contributed by atoms with Crippen molar-refractivity contribution < 1.29 is 0 Å². The highest BCUT2D eigenvalue weighted by Gasteiger charge is 2.23. The van der Waals surface area contributed by atoms with Gasteiger partial charge in [-0.3, -0.25) is 4.68 Å². The number of nitrogens with zero attached hydrogens (tertiary/aromatic N) is 6. The Balaban J connectivity index is 1.60. The van der Waals surface area contributed by atoms with E-state index in [0.717, 1.165) is 24.0 Å². The zero-order chi connectivity index (χ0) is 14.8. The van der Waals surface area contributed by atoms with E-state index < -0.39 is 0 Å². The third-order valence-corrected chi connectivity index (χ3v) is 4.03. The minimum atomic E-state index is 0.680. The topological polar surface area (TPSA) is 51.8 Å². The summed E-state index contributed by atoms with van der Waals surface area (Å²) in [5.41, 5.74) is 0.847. The number of imidazole rings is 1. The molecular formula is C15H24N6. The Morgan fingerprint density at radius 2 is 2.24 bits per heavy atom. The van der Waals surface area contributed by atoms with Gasteiger partial charge in [0.25, 0.3) is 0 Å². The lowest BCUT2D eigenvalue weighted by atomic mass is 10.1. The van der Waals surface area contributed by atoms with Crippen LogP contribution in [0.15, 0.2) is 18.6 Å². The lowest BCUT2D eigenvalue weighted by Gasteiger charge is -2.18. The summed E-state index contributed by atoms with van der Waals surface area (Å²) in [4.78, 5) is 6.88. The van der Waals surface area contributed by atoms with Crippen LogP contribution in [0.1, 0.15) is 20.3 Å². The first-order chi connectivity index (χ1) is 10.1. The van der Waals surface area contributed by atoms with E-state index in [1.54, 1.807) is 6.20 Å². The van der Waals surface area contributed by atoms with Crippen molar-refractivity contribution in [1.29, 1.82) is 0 Å². The molecule has 2 aromatic rings. The van der Waals surface area contributed by atoms with E-state index >= 15 is 0 Å². The summed E-state index contributed by atoms with van der Waals surface area (Å²) in [7, 11) is 1.97. The van der Waals surface area contributed by atoms with Crippen LogP contribution >= 0.6 is 0 Å². The second-order valence-electron chi connectivity index (χ2n) is 6.50. The van der Waals surface area contributed by atoms with Gasteiger partial charge in [0.1, 0.15) is 5.69 Å². The first-order valence-electron chi connectivity index (χ1n) is 7.72. The van der Waals surface area contributed by atoms with Gasteiger partial charge in [-0.05, 0) is 24.8 Å². The van der Waals surface area contributed by atoms with E-state index in [4.69, 9.17) is 0 Å². The number of hydrogen-bond acceptors (Lipinski definition) is 4. The first kappa shape index (κ1) is 14.3.